The fourth-order valence-corrected chi connectivity index (χ4v) is 2.49. The first-order chi connectivity index (χ1) is 7.72. The smallest absolute Gasteiger partial charge is 0.130 e. The van der Waals surface area contributed by atoms with Crippen LogP contribution in [0.4, 0.5) is 5.82 Å². The van der Waals surface area contributed by atoms with Gasteiger partial charge in [0, 0.05) is 17.8 Å². The molecule has 2 saturated carbocycles. The molecule has 0 aliphatic heterocycles. The maximum Gasteiger partial charge on any atom is 0.130 e. The first-order valence-corrected chi connectivity index (χ1v) is 6.31. The minimum Gasteiger partial charge on any atom is -0.367 e. The highest BCUT2D eigenvalue weighted by atomic mass is 15.1. The molecule has 0 amide bonds. The lowest BCUT2D eigenvalue weighted by atomic mass is 10.1. The number of hydrogen-bond acceptors (Lipinski definition) is 3. The van der Waals surface area contributed by atoms with E-state index >= 15 is 0 Å². The second kappa shape index (κ2) is 3.72. The highest BCUT2D eigenvalue weighted by Gasteiger charge is 2.41. The van der Waals surface area contributed by atoms with E-state index in [1.54, 1.807) is 0 Å². The summed E-state index contributed by atoms with van der Waals surface area (Å²) in [5.74, 6) is 3.70. The summed E-state index contributed by atoms with van der Waals surface area (Å²) in [6.45, 7) is 3.99. The van der Waals surface area contributed by atoms with Crippen molar-refractivity contribution in [3.8, 4) is 0 Å². The van der Waals surface area contributed by atoms with Crippen LogP contribution in [-0.4, -0.2) is 16.0 Å². The normalized spacial score (nSPS) is 20.2. The van der Waals surface area contributed by atoms with E-state index in [9.17, 15) is 0 Å². The second-order valence-corrected chi connectivity index (χ2v) is 5.29. The van der Waals surface area contributed by atoms with Crippen LogP contribution in [0.5, 0.6) is 0 Å². The third kappa shape index (κ3) is 2.18. The van der Waals surface area contributed by atoms with Crippen molar-refractivity contribution in [1.29, 1.82) is 0 Å². The molecule has 2 fully saturated rings. The van der Waals surface area contributed by atoms with Crippen molar-refractivity contribution < 1.29 is 0 Å². The fourth-order valence-electron chi connectivity index (χ4n) is 2.49. The van der Waals surface area contributed by atoms with Gasteiger partial charge in [0.05, 0.1) is 0 Å². The van der Waals surface area contributed by atoms with Crippen LogP contribution in [-0.2, 0) is 0 Å². The van der Waals surface area contributed by atoms with Gasteiger partial charge in [0.2, 0.25) is 0 Å². The van der Waals surface area contributed by atoms with Gasteiger partial charge in [0.15, 0.2) is 0 Å². The molecule has 16 heavy (non-hydrogen) atoms. The quantitative estimate of drug-likeness (QED) is 0.842. The Balaban J connectivity index is 1.75. The summed E-state index contributed by atoms with van der Waals surface area (Å²) < 4.78 is 0. The zero-order chi connectivity index (χ0) is 11.1. The average Bonchev–Trinajstić information content (AvgIpc) is 3.07. The molecule has 1 aromatic heterocycles. The van der Waals surface area contributed by atoms with E-state index in [1.807, 2.05) is 13.8 Å². The number of nitrogens with one attached hydrogen (secondary N) is 1. The summed E-state index contributed by atoms with van der Waals surface area (Å²) in [6, 6.07) is 2.74. The van der Waals surface area contributed by atoms with Crippen molar-refractivity contribution >= 4 is 5.82 Å². The van der Waals surface area contributed by atoms with E-state index in [4.69, 9.17) is 0 Å². The molecule has 0 aromatic carbocycles. The van der Waals surface area contributed by atoms with Gasteiger partial charge in [-0.3, -0.25) is 0 Å². The van der Waals surface area contributed by atoms with E-state index in [0.717, 1.165) is 29.2 Å². The Bertz CT molecular complexity index is 362. The van der Waals surface area contributed by atoms with Crippen LogP contribution in [0.3, 0.4) is 0 Å². The summed E-state index contributed by atoms with van der Waals surface area (Å²) in [6.07, 6.45) is 5.60. The highest BCUT2D eigenvalue weighted by molar-refractivity contribution is 5.38. The van der Waals surface area contributed by atoms with Crippen molar-refractivity contribution in [2.24, 2.45) is 11.8 Å². The molecule has 1 heterocycles. The molecule has 1 N–H and O–H groups in total. The van der Waals surface area contributed by atoms with E-state index in [2.05, 4.69) is 21.4 Å². The largest absolute Gasteiger partial charge is 0.367 e. The average molecular weight is 217 g/mol. The highest BCUT2D eigenvalue weighted by Crippen LogP contribution is 2.45. The van der Waals surface area contributed by atoms with Crippen LogP contribution in [0.2, 0.25) is 0 Å². The lowest BCUT2D eigenvalue weighted by Gasteiger charge is -2.18. The van der Waals surface area contributed by atoms with Crippen molar-refractivity contribution in [1.82, 2.24) is 9.97 Å². The number of aromatic nitrogens is 2. The Labute approximate surface area is 96.7 Å². The lowest BCUT2D eigenvalue weighted by Crippen LogP contribution is -2.25. The Kier molecular flexibility index (Phi) is 2.34. The summed E-state index contributed by atoms with van der Waals surface area (Å²) in [5, 5.41) is 3.63. The van der Waals surface area contributed by atoms with Crippen LogP contribution in [0.25, 0.3) is 0 Å². The Morgan fingerprint density at radius 2 is 1.75 bits per heavy atom. The van der Waals surface area contributed by atoms with Crippen molar-refractivity contribution in [2.45, 2.75) is 45.6 Å². The second-order valence-electron chi connectivity index (χ2n) is 5.29. The van der Waals surface area contributed by atoms with E-state index < -0.39 is 0 Å². The zero-order valence-corrected chi connectivity index (χ0v) is 10.0. The first-order valence-electron chi connectivity index (χ1n) is 6.31. The van der Waals surface area contributed by atoms with E-state index in [1.165, 1.54) is 25.7 Å². The summed E-state index contributed by atoms with van der Waals surface area (Å²) >= 11 is 0. The predicted octanol–water partition coefficient (Wildman–Crippen LogP) is 2.69. The Morgan fingerprint density at radius 3 is 2.25 bits per heavy atom. The molecule has 0 unspecified atom stereocenters. The number of aryl methyl sites for hydroxylation is 2. The third-order valence-corrected chi connectivity index (χ3v) is 3.54. The summed E-state index contributed by atoms with van der Waals surface area (Å²) in [4.78, 5) is 8.78. The molecule has 3 heteroatoms. The summed E-state index contributed by atoms with van der Waals surface area (Å²) in [5.41, 5.74) is 1.06. The van der Waals surface area contributed by atoms with Gasteiger partial charge >= 0.3 is 0 Å². The van der Waals surface area contributed by atoms with Gasteiger partial charge in [-0.1, -0.05) is 0 Å². The van der Waals surface area contributed by atoms with Crippen LogP contribution >= 0.6 is 0 Å². The monoisotopic (exact) mass is 217 g/mol. The maximum absolute atomic E-state index is 4.47. The van der Waals surface area contributed by atoms with Gasteiger partial charge < -0.3 is 5.32 Å². The molecule has 86 valence electrons. The zero-order valence-electron chi connectivity index (χ0n) is 10.0. The number of nitrogens with zero attached hydrogens (tertiary/aromatic N) is 2. The minimum atomic E-state index is 0.675. The summed E-state index contributed by atoms with van der Waals surface area (Å²) in [7, 11) is 0. The van der Waals surface area contributed by atoms with Crippen LogP contribution in [0.15, 0.2) is 6.07 Å². The molecule has 3 nitrogen and oxygen atoms in total. The van der Waals surface area contributed by atoms with Crippen LogP contribution in [0, 0.1) is 25.7 Å². The minimum absolute atomic E-state index is 0.675. The van der Waals surface area contributed by atoms with Crippen molar-refractivity contribution in [2.75, 3.05) is 5.32 Å². The van der Waals surface area contributed by atoms with Crippen molar-refractivity contribution in [3.05, 3.63) is 17.6 Å². The van der Waals surface area contributed by atoms with Gasteiger partial charge in [-0.05, 0) is 51.4 Å². The topological polar surface area (TPSA) is 37.8 Å². The van der Waals surface area contributed by atoms with Gasteiger partial charge in [0.25, 0.3) is 0 Å². The van der Waals surface area contributed by atoms with Crippen molar-refractivity contribution in [3.63, 3.8) is 0 Å². The molecule has 2 aliphatic carbocycles. The predicted molar refractivity (Wildman–Crippen MR) is 64.4 cm³/mol. The van der Waals surface area contributed by atoms with Gasteiger partial charge in [-0.2, -0.15) is 0 Å². The van der Waals surface area contributed by atoms with E-state index in [-0.39, 0.29) is 0 Å². The lowest BCUT2D eigenvalue weighted by molar-refractivity contribution is 0.565. The third-order valence-electron chi connectivity index (χ3n) is 3.54. The molecule has 0 saturated heterocycles. The molecule has 0 spiro atoms. The first kappa shape index (κ1) is 10.1. The van der Waals surface area contributed by atoms with E-state index in [0.29, 0.717) is 6.04 Å². The number of rotatable bonds is 4. The van der Waals surface area contributed by atoms with Gasteiger partial charge in [-0.25, -0.2) is 9.97 Å². The Morgan fingerprint density at radius 1 is 1.12 bits per heavy atom. The molecule has 0 radical (unpaired) electrons. The number of hydrogen-bond donors (Lipinski definition) is 1. The molecule has 0 atom stereocenters. The molecule has 2 aliphatic rings. The Hall–Kier alpha value is -1.12. The SMILES string of the molecule is Cc1cc(NC(C2CC2)C2CC2)nc(C)n1. The fraction of sp³-hybridized carbons (Fsp3) is 0.692. The van der Waals surface area contributed by atoms with Gasteiger partial charge in [-0.15, -0.1) is 0 Å². The number of anilines is 1. The molecular formula is C13H19N3. The molecule has 3 rings (SSSR count). The molecule has 1 aromatic rings. The van der Waals surface area contributed by atoms with Crippen LogP contribution < -0.4 is 5.32 Å². The van der Waals surface area contributed by atoms with Gasteiger partial charge in [0.1, 0.15) is 11.6 Å². The van der Waals surface area contributed by atoms with Crippen LogP contribution in [0.1, 0.15) is 37.2 Å². The molecular weight excluding hydrogens is 198 g/mol. The maximum atomic E-state index is 4.47. The standard InChI is InChI=1S/C13H19N3/c1-8-7-12(15-9(2)14-8)16-13(10-3-4-10)11-5-6-11/h7,10-11,13H,3-6H2,1-2H3,(H,14,15,16). The molecule has 0 bridgehead atoms.